The van der Waals surface area contributed by atoms with E-state index in [0.29, 0.717) is 44.2 Å². The third-order valence-electron chi connectivity index (χ3n) is 5.96. The van der Waals surface area contributed by atoms with Gasteiger partial charge in [-0.15, -0.1) is 0 Å². The number of ether oxygens (including phenoxy) is 2. The zero-order valence-electron chi connectivity index (χ0n) is 18.8. The Kier molecular flexibility index (Phi) is 7.40. The highest BCUT2D eigenvalue weighted by atomic mass is 19.1. The minimum Gasteiger partial charge on any atom is -0.507 e. The third kappa shape index (κ3) is 5.03. The summed E-state index contributed by atoms with van der Waals surface area (Å²) in [5, 5.41) is 11.1. The molecular formula is C26H27FN2O5. The number of ketones is 1. The summed E-state index contributed by atoms with van der Waals surface area (Å²) in [4.78, 5) is 29.9. The van der Waals surface area contributed by atoms with Crippen LogP contribution in [0.3, 0.4) is 0 Å². The van der Waals surface area contributed by atoms with Crippen molar-refractivity contribution in [1.29, 1.82) is 0 Å². The van der Waals surface area contributed by atoms with Gasteiger partial charge in [0, 0.05) is 31.7 Å². The molecule has 1 amide bonds. The molecular weight excluding hydrogens is 439 g/mol. The predicted octanol–water partition coefficient (Wildman–Crippen LogP) is 3.14. The number of likely N-dealkylation sites (tertiary alicyclic amines) is 1. The van der Waals surface area contributed by atoms with Crippen molar-refractivity contribution in [3.8, 4) is 5.75 Å². The van der Waals surface area contributed by atoms with Crippen LogP contribution in [0.4, 0.5) is 4.39 Å². The molecule has 34 heavy (non-hydrogen) atoms. The molecule has 178 valence electrons. The molecule has 2 aromatic rings. The van der Waals surface area contributed by atoms with Gasteiger partial charge >= 0.3 is 0 Å². The van der Waals surface area contributed by atoms with Crippen LogP contribution in [0, 0.1) is 5.82 Å². The highest BCUT2D eigenvalue weighted by molar-refractivity contribution is 6.46. The van der Waals surface area contributed by atoms with E-state index in [1.807, 2.05) is 0 Å². The smallest absolute Gasteiger partial charge is 0.295 e. The molecule has 0 spiro atoms. The molecule has 0 aromatic heterocycles. The van der Waals surface area contributed by atoms with Gasteiger partial charge in [-0.1, -0.05) is 24.8 Å². The van der Waals surface area contributed by atoms with Gasteiger partial charge in [0.1, 0.15) is 23.9 Å². The van der Waals surface area contributed by atoms with E-state index in [1.54, 1.807) is 30.3 Å². The van der Waals surface area contributed by atoms with Crippen molar-refractivity contribution < 1.29 is 28.6 Å². The van der Waals surface area contributed by atoms with Crippen molar-refractivity contribution in [2.24, 2.45) is 0 Å². The molecule has 0 saturated carbocycles. The maximum Gasteiger partial charge on any atom is 0.295 e. The quantitative estimate of drug-likeness (QED) is 0.279. The Hall–Kier alpha value is -3.49. The third-order valence-corrected chi connectivity index (χ3v) is 5.96. The molecule has 0 radical (unpaired) electrons. The number of hydrogen-bond acceptors (Lipinski definition) is 6. The van der Waals surface area contributed by atoms with Gasteiger partial charge in [-0.25, -0.2) is 4.39 Å². The van der Waals surface area contributed by atoms with E-state index in [-0.39, 0.29) is 16.9 Å². The van der Waals surface area contributed by atoms with Crippen LogP contribution in [-0.2, 0) is 14.3 Å². The zero-order valence-corrected chi connectivity index (χ0v) is 18.8. The van der Waals surface area contributed by atoms with Gasteiger partial charge in [-0.3, -0.25) is 14.5 Å². The average Bonchev–Trinajstić information content (AvgIpc) is 3.12. The minimum absolute atomic E-state index is 0.0283. The largest absolute Gasteiger partial charge is 0.507 e. The van der Waals surface area contributed by atoms with E-state index < -0.39 is 23.5 Å². The van der Waals surface area contributed by atoms with Crippen LogP contribution in [0.5, 0.6) is 5.75 Å². The van der Waals surface area contributed by atoms with Crippen LogP contribution in [0.2, 0.25) is 0 Å². The number of benzene rings is 2. The van der Waals surface area contributed by atoms with Gasteiger partial charge in [-0.2, -0.15) is 0 Å². The molecule has 2 heterocycles. The molecule has 4 rings (SSSR count). The maximum atomic E-state index is 13.4. The fourth-order valence-electron chi connectivity index (χ4n) is 4.22. The van der Waals surface area contributed by atoms with Crippen molar-refractivity contribution in [2.45, 2.75) is 6.04 Å². The lowest BCUT2D eigenvalue weighted by Crippen LogP contribution is -2.42. The fraction of sp³-hybridized carbons (Fsp3) is 0.308. The van der Waals surface area contributed by atoms with Gasteiger partial charge in [0.25, 0.3) is 11.7 Å². The van der Waals surface area contributed by atoms with Crippen LogP contribution in [0.25, 0.3) is 5.76 Å². The Labute approximate surface area is 197 Å². The summed E-state index contributed by atoms with van der Waals surface area (Å²) >= 11 is 0. The molecule has 7 nitrogen and oxygen atoms in total. The number of Topliss-reactive ketones (excluding diaryl/α,β-unsaturated/α-hetero) is 1. The number of morpholine rings is 1. The lowest BCUT2D eigenvalue weighted by Gasteiger charge is -2.31. The molecule has 2 aliphatic heterocycles. The molecule has 2 aromatic carbocycles. The van der Waals surface area contributed by atoms with E-state index in [9.17, 15) is 19.1 Å². The van der Waals surface area contributed by atoms with Gasteiger partial charge in [0.15, 0.2) is 0 Å². The van der Waals surface area contributed by atoms with Gasteiger partial charge < -0.3 is 19.5 Å². The Bertz CT molecular complexity index is 1090. The summed E-state index contributed by atoms with van der Waals surface area (Å²) in [5.41, 5.74) is 0.863. The first-order valence-corrected chi connectivity index (χ1v) is 11.2. The molecule has 0 unspecified atom stereocenters. The van der Waals surface area contributed by atoms with Crippen molar-refractivity contribution in [3.05, 3.63) is 83.7 Å². The summed E-state index contributed by atoms with van der Waals surface area (Å²) in [7, 11) is 0. The maximum absolute atomic E-state index is 13.4. The molecule has 8 heteroatoms. The van der Waals surface area contributed by atoms with Gasteiger partial charge in [0.2, 0.25) is 0 Å². The summed E-state index contributed by atoms with van der Waals surface area (Å²) in [6.07, 6.45) is 1.62. The number of hydrogen-bond donors (Lipinski definition) is 1. The summed E-state index contributed by atoms with van der Waals surface area (Å²) in [5.74, 6) is -1.70. The second-order valence-electron chi connectivity index (χ2n) is 8.13. The number of carbonyl (C=O) groups is 2. The topological polar surface area (TPSA) is 79.3 Å². The SMILES string of the molecule is C=CCOc1cccc([C@@H]2C(=C(O)c3ccc(F)cc3)C(=O)C(=O)N2CCN2CCOCC2)c1. The van der Waals surface area contributed by atoms with Crippen LogP contribution >= 0.6 is 0 Å². The number of aliphatic hydroxyl groups is 1. The predicted molar refractivity (Wildman–Crippen MR) is 125 cm³/mol. The van der Waals surface area contributed by atoms with E-state index in [0.717, 1.165) is 13.1 Å². The number of carbonyl (C=O) groups excluding carboxylic acids is 2. The van der Waals surface area contributed by atoms with E-state index in [2.05, 4.69) is 11.5 Å². The standard InChI is InChI=1S/C26H27FN2O5/c1-2-14-34-21-5-3-4-19(17-21)23-22(24(30)18-6-8-20(27)9-7-18)25(31)26(32)29(23)11-10-28-12-15-33-16-13-28/h2-9,17,23,30H,1,10-16H2/t23-/m1/s1. The Morgan fingerprint density at radius 3 is 2.59 bits per heavy atom. The highest BCUT2D eigenvalue weighted by Crippen LogP contribution is 2.40. The lowest BCUT2D eigenvalue weighted by atomic mass is 9.95. The molecule has 1 atom stereocenters. The Morgan fingerprint density at radius 1 is 1.15 bits per heavy atom. The summed E-state index contributed by atoms with van der Waals surface area (Å²) in [6.45, 7) is 7.55. The molecule has 2 fully saturated rings. The first-order chi connectivity index (χ1) is 16.5. The van der Waals surface area contributed by atoms with Crippen LogP contribution in [-0.4, -0.2) is 72.6 Å². The summed E-state index contributed by atoms with van der Waals surface area (Å²) < 4.78 is 24.5. The number of aliphatic hydroxyl groups excluding tert-OH is 1. The number of amides is 1. The normalized spacial score (nSPS) is 20.5. The van der Waals surface area contributed by atoms with E-state index >= 15 is 0 Å². The molecule has 0 aliphatic carbocycles. The number of nitrogens with zero attached hydrogens (tertiary/aromatic N) is 2. The van der Waals surface area contributed by atoms with E-state index in [4.69, 9.17) is 9.47 Å². The molecule has 1 N–H and O–H groups in total. The van der Waals surface area contributed by atoms with Crippen LogP contribution < -0.4 is 4.74 Å². The molecule has 2 aliphatic rings. The lowest BCUT2D eigenvalue weighted by molar-refractivity contribution is -0.140. The van der Waals surface area contributed by atoms with Crippen LogP contribution in [0.15, 0.2) is 66.8 Å². The first kappa shape index (κ1) is 23.7. The van der Waals surface area contributed by atoms with Crippen molar-refractivity contribution in [2.75, 3.05) is 46.0 Å². The van der Waals surface area contributed by atoms with Crippen molar-refractivity contribution >= 4 is 17.4 Å². The minimum atomic E-state index is -0.807. The average molecular weight is 467 g/mol. The zero-order chi connectivity index (χ0) is 24.1. The van der Waals surface area contributed by atoms with Gasteiger partial charge in [-0.05, 0) is 42.0 Å². The monoisotopic (exact) mass is 466 g/mol. The molecule has 0 bridgehead atoms. The Morgan fingerprint density at radius 2 is 1.88 bits per heavy atom. The fourth-order valence-corrected chi connectivity index (χ4v) is 4.22. The Balaban J connectivity index is 1.73. The van der Waals surface area contributed by atoms with Crippen molar-refractivity contribution in [1.82, 2.24) is 9.80 Å². The van der Waals surface area contributed by atoms with E-state index in [1.165, 1.54) is 29.2 Å². The highest BCUT2D eigenvalue weighted by Gasteiger charge is 2.46. The van der Waals surface area contributed by atoms with Crippen LogP contribution in [0.1, 0.15) is 17.2 Å². The second-order valence-corrected chi connectivity index (χ2v) is 8.13. The van der Waals surface area contributed by atoms with Crippen molar-refractivity contribution in [3.63, 3.8) is 0 Å². The number of halogens is 1. The molecule has 2 saturated heterocycles. The summed E-state index contributed by atoms with van der Waals surface area (Å²) in [6, 6.07) is 11.4. The number of rotatable bonds is 8. The second kappa shape index (κ2) is 10.6. The first-order valence-electron chi connectivity index (χ1n) is 11.2. The van der Waals surface area contributed by atoms with Gasteiger partial charge in [0.05, 0.1) is 24.8 Å².